The smallest absolute Gasteiger partial charge is 0.0186 e. The number of nitrogens with one attached hydrogen (secondary N) is 1. The molecule has 1 unspecified atom stereocenters. The van der Waals surface area contributed by atoms with Crippen molar-refractivity contribution in [2.24, 2.45) is 5.92 Å². The number of hydrogen-bond acceptors (Lipinski definition) is 2. The second-order valence-electron chi connectivity index (χ2n) is 5.02. The number of hydrogen-bond donors (Lipinski definition) is 1. The van der Waals surface area contributed by atoms with E-state index >= 15 is 0 Å². The molecule has 0 amide bonds. The molecule has 0 bridgehead atoms. The van der Waals surface area contributed by atoms with Crippen molar-refractivity contribution in [3.05, 3.63) is 29.8 Å². The lowest BCUT2D eigenvalue weighted by molar-refractivity contribution is 0.410. The molecule has 1 aliphatic carbocycles. The van der Waals surface area contributed by atoms with E-state index in [4.69, 9.17) is 0 Å². The van der Waals surface area contributed by atoms with E-state index in [1.54, 1.807) is 0 Å². The highest BCUT2D eigenvalue weighted by molar-refractivity contribution is 7.99. The average molecular weight is 249 g/mol. The molecule has 0 heterocycles. The summed E-state index contributed by atoms with van der Waals surface area (Å²) in [5, 5.41) is 3.51. The molecule has 1 saturated carbocycles. The van der Waals surface area contributed by atoms with E-state index in [0.29, 0.717) is 6.04 Å². The molecule has 1 nitrogen and oxygen atoms in total. The Bertz CT molecular complexity index is 345. The number of rotatable bonds is 5. The number of thioether (sulfide) groups is 1. The second kappa shape index (κ2) is 6.46. The Morgan fingerprint density at radius 2 is 2.00 bits per heavy atom. The third kappa shape index (κ3) is 3.49. The Morgan fingerprint density at radius 3 is 2.65 bits per heavy atom. The first-order valence-corrected chi connectivity index (χ1v) is 7.65. The van der Waals surface area contributed by atoms with Crippen LogP contribution < -0.4 is 5.32 Å². The van der Waals surface area contributed by atoms with E-state index in [2.05, 4.69) is 43.6 Å². The van der Waals surface area contributed by atoms with E-state index in [1.807, 2.05) is 11.8 Å². The Kier molecular flexibility index (Phi) is 4.93. The fourth-order valence-corrected chi connectivity index (χ4v) is 3.98. The summed E-state index contributed by atoms with van der Waals surface area (Å²) in [6.07, 6.45) is 5.69. The molecule has 0 radical (unpaired) electrons. The summed E-state index contributed by atoms with van der Waals surface area (Å²) in [5.74, 6) is 2.10. The maximum Gasteiger partial charge on any atom is 0.0186 e. The van der Waals surface area contributed by atoms with E-state index in [-0.39, 0.29) is 0 Å². The van der Waals surface area contributed by atoms with Gasteiger partial charge in [-0.15, -0.1) is 11.8 Å². The molecule has 0 aliphatic heterocycles. The number of aryl methyl sites for hydroxylation is 1. The van der Waals surface area contributed by atoms with Gasteiger partial charge in [-0.2, -0.15) is 0 Å². The highest BCUT2D eigenvalue weighted by Crippen LogP contribution is 2.31. The first-order chi connectivity index (χ1) is 8.31. The van der Waals surface area contributed by atoms with Crippen LogP contribution in [0.5, 0.6) is 0 Å². The Balaban J connectivity index is 1.89. The topological polar surface area (TPSA) is 12.0 Å². The molecule has 1 aliphatic rings. The summed E-state index contributed by atoms with van der Waals surface area (Å²) in [7, 11) is 2.11. The zero-order valence-electron chi connectivity index (χ0n) is 10.9. The van der Waals surface area contributed by atoms with Crippen LogP contribution in [0.2, 0.25) is 0 Å². The molecule has 1 aromatic carbocycles. The van der Waals surface area contributed by atoms with Gasteiger partial charge in [-0.05, 0) is 44.4 Å². The lowest BCUT2D eigenvalue weighted by atomic mass is 10.0. The Hall–Kier alpha value is -0.470. The maximum atomic E-state index is 3.51. The third-order valence-corrected chi connectivity index (χ3v) is 5.15. The van der Waals surface area contributed by atoms with Gasteiger partial charge in [0.15, 0.2) is 0 Å². The number of benzene rings is 1. The van der Waals surface area contributed by atoms with Crippen molar-refractivity contribution in [2.75, 3.05) is 12.8 Å². The van der Waals surface area contributed by atoms with Gasteiger partial charge in [0.2, 0.25) is 0 Å². The monoisotopic (exact) mass is 249 g/mol. The lowest BCUT2D eigenvalue weighted by Crippen LogP contribution is -2.34. The van der Waals surface area contributed by atoms with Crippen LogP contribution in [-0.4, -0.2) is 18.8 Å². The average Bonchev–Trinajstić information content (AvgIpc) is 2.86. The normalized spacial score (nSPS) is 18.5. The van der Waals surface area contributed by atoms with Crippen molar-refractivity contribution in [3.63, 3.8) is 0 Å². The van der Waals surface area contributed by atoms with Crippen LogP contribution in [0.25, 0.3) is 0 Å². The zero-order valence-corrected chi connectivity index (χ0v) is 11.7. The van der Waals surface area contributed by atoms with Crippen molar-refractivity contribution in [2.45, 2.75) is 43.5 Å². The summed E-state index contributed by atoms with van der Waals surface area (Å²) in [6, 6.07) is 9.38. The minimum Gasteiger partial charge on any atom is -0.316 e. The maximum absolute atomic E-state index is 3.51. The molecule has 1 aromatic rings. The van der Waals surface area contributed by atoms with Crippen LogP contribution in [0.1, 0.15) is 31.2 Å². The third-order valence-electron chi connectivity index (χ3n) is 3.85. The van der Waals surface area contributed by atoms with Gasteiger partial charge in [0.05, 0.1) is 0 Å². The standard InChI is InChI=1S/C15H23NS/c1-12-7-3-6-10-15(12)17-11-14(16-2)13-8-4-5-9-13/h3,6-7,10,13-14,16H,4-5,8-9,11H2,1-2H3. The van der Waals surface area contributed by atoms with E-state index < -0.39 is 0 Å². The predicted molar refractivity (Wildman–Crippen MR) is 76.7 cm³/mol. The van der Waals surface area contributed by atoms with Crippen LogP contribution in [0, 0.1) is 12.8 Å². The van der Waals surface area contributed by atoms with Crippen molar-refractivity contribution in [1.82, 2.24) is 5.32 Å². The quantitative estimate of drug-likeness (QED) is 0.795. The summed E-state index contributed by atoms with van der Waals surface area (Å²) >= 11 is 2.00. The molecular formula is C15H23NS. The van der Waals surface area contributed by atoms with Gasteiger partial charge >= 0.3 is 0 Å². The first-order valence-electron chi connectivity index (χ1n) is 6.67. The van der Waals surface area contributed by atoms with Gasteiger partial charge in [0.25, 0.3) is 0 Å². The fraction of sp³-hybridized carbons (Fsp3) is 0.600. The van der Waals surface area contributed by atoms with Crippen molar-refractivity contribution >= 4 is 11.8 Å². The highest BCUT2D eigenvalue weighted by Gasteiger charge is 2.23. The van der Waals surface area contributed by atoms with Gasteiger partial charge in [-0.3, -0.25) is 0 Å². The highest BCUT2D eigenvalue weighted by atomic mass is 32.2. The van der Waals surface area contributed by atoms with Gasteiger partial charge < -0.3 is 5.32 Å². The summed E-state index contributed by atoms with van der Waals surface area (Å²) in [5.41, 5.74) is 1.40. The second-order valence-corrected chi connectivity index (χ2v) is 6.08. The predicted octanol–water partition coefficient (Wildman–Crippen LogP) is 3.87. The molecule has 1 atom stereocenters. The Labute approximate surface area is 109 Å². The lowest BCUT2D eigenvalue weighted by Gasteiger charge is -2.22. The van der Waals surface area contributed by atoms with Crippen molar-refractivity contribution in [1.29, 1.82) is 0 Å². The molecule has 17 heavy (non-hydrogen) atoms. The fourth-order valence-electron chi connectivity index (χ4n) is 2.71. The Morgan fingerprint density at radius 1 is 1.29 bits per heavy atom. The van der Waals surface area contributed by atoms with E-state index in [1.165, 1.54) is 41.9 Å². The van der Waals surface area contributed by atoms with Crippen LogP contribution in [0.15, 0.2) is 29.2 Å². The van der Waals surface area contributed by atoms with Crippen LogP contribution in [0.3, 0.4) is 0 Å². The SMILES string of the molecule is CNC(CSc1ccccc1C)C1CCCC1. The van der Waals surface area contributed by atoms with Crippen LogP contribution in [0.4, 0.5) is 0 Å². The largest absolute Gasteiger partial charge is 0.316 e. The molecule has 2 rings (SSSR count). The van der Waals surface area contributed by atoms with Crippen molar-refractivity contribution < 1.29 is 0 Å². The van der Waals surface area contributed by atoms with Gasteiger partial charge in [0, 0.05) is 16.7 Å². The molecule has 1 N–H and O–H groups in total. The minimum atomic E-state index is 0.683. The van der Waals surface area contributed by atoms with Crippen molar-refractivity contribution in [3.8, 4) is 0 Å². The first kappa shape index (κ1) is 13.0. The summed E-state index contributed by atoms with van der Waals surface area (Å²) < 4.78 is 0. The van der Waals surface area contributed by atoms with E-state index in [0.717, 1.165) is 5.92 Å². The van der Waals surface area contributed by atoms with Crippen LogP contribution in [-0.2, 0) is 0 Å². The molecule has 0 aromatic heterocycles. The molecule has 1 fully saturated rings. The molecule has 0 saturated heterocycles. The molecule has 0 spiro atoms. The summed E-state index contributed by atoms with van der Waals surface area (Å²) in [4.78, 5) is 1.44. The van der Waals surface area contributed by atoms with Crippen LogP contribution >= 0.6 is 11.8 Å². The molecule has 2 heteroatoms. The molecule has 94 valence electrons. The van der Waals surface area contributed by atoms with Gasteiger partial charge in [-0.25, -0.2) is 0 Å². The zero-order chi connectivity index (χ0) is 12.1. The van der Waals surface area contributed by atoms with Gasteiger partial charge in [0.1, 0.15) is 0 Å². The van der Waals surface area contributed by atoms with E-state index in [9.17, 15) is 0 Å². The summed E-state index contributed by atoms with van der Waals surface area (Å²) in [6.45, 7) is 2.20. The minimum absolute atomic E-state index is 0.683. The van der Waals surface area contributed by atoms with Gasteiger partial charge in [-0.1, -0.05) is 31.0 Å². The molecular weight excluding hydrogens is 226 g/mol.